The van der Waals surface area contributed by atoms with Gasteiger partial charge in [-0.2, -0.15) is 17.6 Å². The molecule has 4 rings (SSSR count). The molecular formula is C22H13F5N4O. The third kappa shape index (κ3) is 4.48. The van der Waals surface area contributed by atoms with Crippen LogP contribution in [0.4, 0.5) is 39.0 Å². The Kier molecular flexibility index (Phi) is 5.43. The van der Waals surface area contributed by atoms with Gasteiger partial charge < -0.3 is 10.6 Å². The summed E-state index contributed by atoms with van der Waals surface area (Å²) < 4.78 is 66.8. The highest BCUT2D eigenvalue weighted by atomic mass is 19.4. The Bertz CT molecular complexity index is 1320. The summed E-state index contributed by atoms with van der Waals surface area (Å²) in [4.78, 5) is 19.2. The quantitative estimate of drug-likeness (QED) is 0.303. The number of fused-ring (bicyclic) bond motifs is 1. The van der Waals surface area contributed by atoms with Gasteiger partial charge in [0.05, 0.1) is 11.2 Å². The molecule has 32 heavy (non-hydrogen) atoms. The second kappa shape index (κ2) is 8.22. The van der Waals surface area contributed by atoms with Crippen molar-refractivity contribution < 1.29 is 26.7 Å². The van der Waals surface area contributed by atoms with Gasteiger partial charge in [-0.1, -0.05) is 24.3 Å². The van der Waals surface area contributed by atoms with Crippen LogP contribution in [0.25, 0.3) is 10.9 Å². The number of hydrogen-bond acceptors (Lipinski definition) is 4. The summed E-state index contributed by atoms with van der Waals surface area (Å²) in [5, 5.41) is 5.74. The summed E-state index contributed by atoms with van der Waals surface area (Å²) in [6, 6.07) is 14.8. The molecule has 0 atom stereocenters. The molecule has 2 aromatic heterocycles. The molecule has 0 unspecified atom stereocenters. The predicted octanol–water partition coefficient (Wildman–Crippen LogP) is 5.92. The lowest BCUT2D eigenvalue weighted by Crippen LogP contribution is -2.16. The van der Waals surface area contributed by atoms with Gasteiger partial charge in [-0.25, -0.2) is 14.4 Å². The number of halogens is 5. The number of anilines is 3. The number of benzene rings is 2. The minimum atomic E-state index is -4.64. The van der Waals surface area contributed by atoms with Gasteiger partial charge in [0.15, 0.2) is 11.5 Å². The van der Waals surface area contributed by atoms with Crippen molar-refractivity contribution in [1.82, 2.24) is 9.97 Å². The van der Waals surface area contributed by atoms with Gasteiger partial charge in [0.2, 0.25) is 5.95 Å². The topological polar surface area (TPSA) is 66.9 Å². The minimum absolute atomic E-state index is 0.155. The number of alkyl halides is 3. The molecule has 0 bridgehead atoms. The average molecular weight is 444 g/mol. The van der Waals surface area contributed by atoms with Crippen LogP contribution in [0.1, 0.15) is 16.2 Å². The lowest BCUT2D eigenvalue weighted by atomic mass is 10.1. The summed E-state index contributed by atoms with van der Waals surface area (Å²) in [5.74, 6) is -2.99. The van der Waals surface area contributed by atoms with E-state index in [9.17, 15) is 26.7 Å². The molecule has 0 fully saturated rings. The van der Waals surface area contributed by atoms with Gasteiger partial charge in [-0.3, -0.25) is 4.79 Å². The molecular weight excluding hydrogens is 431 g/mol. The first-order valence-corrected chi connectivity index (χ1v) is 9.18. The SMILES string of the molecule is O=C(Nc1cccc(Nc2cc(C(F)(F)F)nc3ccccc23)c1)c1nc(F)ccc1F. The lowest BCUT2D eigenvalue weighted by molar-refractivity contribution is -0.140. The third-order valence-corrected chi connectivity index (χ3v) is 4.43. The van der Waals surface area contributed by atoms with E-state index in [0.717, 1.165) is 18.2 Å². The van der Waals surface area contributed by atoms with Gasteiger partial charge in [0.25, 0.3) is 5.91 Å². The molecule has 0 spiro atoms. The highest BCUT2D eigenvalue weighted by molar-refractivity contribution is 6.03. The maximum Gasteiger partial charge on any atom is 0.433 e. The summed E-state index contributed by atoms with van der Waals surface area (Å²) in [7, 11) is 0. The number of carbonyl (C=O) groups excluding carboxylic acids is 1. The molecule has 2 N–H and O–H groups in total. The molecule has 1 amide bonds. The highest BCUT2D eigenvalue weighted by Gasteiger charge is 2.33. The molecule has 0 aliphatic heterocycles. The maximum atomic E-state index is 13.8. The Morgan fingerprint density at radius 1 is 0.844 bits per heavy atom. The Balaban J connectivity index is 1.64. The fourth-order valence-corrected chi connectivity index (χ4v) is 3.02. The van der Waals surface area contributed by atoms with Gasteiger partial charge in [0.1, 0.15) is 5.69 Å². The van der Waals surface area contributed by atoms with Gasteiger partial charge in [-0.05, 0) is 42.5 Å². The maximum absolute atomic E-state index is 13.8. The van der Waals surface area contributed by atoms with Crippen LogP contribution in [0.15, 0.2) is 66.7 Å². The molecule has 2 aromatic carbocycles. The normalized spacial score (nSPS) is 11.4. The van der Waals surface area contributed by atoms with Crippen LogP contribution < -0.4 is 10.6 Å². The van der Waals surface area contributed by atoms with Crippen molar-refractivity contribution >= 4 is 33.9 Å². The minimum Gasteiger partial charge on any atom is -0.355 e. The third-order valence-electron chi connectivity index (χ3n) is 4.43. The van der Waals surface area contributed by atoms with Crippen molar-refractivity contribution in [3.8, 4) is 0 Å². The molecule has 4 aromatic rings. The summed E-state index contributed by atoms with van der Waals surface area (Å²) in [6.45, 7) is 0. The van der Waals surface area contributed by atoms with E-state index in [1.165, 1.54) is 24.3 Å². The van der Waals surface area contributed by atoms with E-state index in [1.807, 2.05) is 0 Å². The number of para-hydroxylation sites is 1. The van der Waals surface area contributed by atoms with E-state index in [1.54, 1.807) is 24.3 Å². The molecule has 162 valence electrons. The van der Waals surface area contributed by atoms with Crippen LogP contribution in [0.2, 0.25) is 0 Å². The van der Waals surface area contributed by atoms with Crippen molar-refractivity contribution in [2.75, 3.05) is 10.6 Å². The predicted molar refractivity (Wildman–Crippen MR) is 109 cm³/mol. The fraction of sp³-hybridized carbons (Fsp3) is 0.0455. The van der Waals surface area contributed by atoms with Crippen LogP contribution in [0, 0.1) is 11.8 Å². The second-order valence-electron chi connectivity index (χ2n) is 6.69. The molecule has 0 radical (unpaired) electrons. The molecule has 0 aliphatic carbocycles. The van der Waals surface area contributed by atoms with Crippen LogP contribution >= 0.6 is 0 Å². The van der Waals surface area contributed by atoms with E-state index in [0.29, 0.717) is 11.1 Å². The summed E-state index contributed by atoms with van der Waals surface area (Å²) in [6.07, 6.45) is -4.64. The van der Waals surface area contributed by atoms with E-state index in [4.69, 9.17) is 0 Å². The smallest absolute Gasteiger partial charge is 0.355 e. The number of amides is 1. The van der Waals surface area contributed by atoms with Crippen molar-refractivity contribution in [3.63, 3.8) is 0 Å². The van der Waals surface area contributed by atoms with Crippen molar-refractivity contribution in [2.45, 2.75) is 6.18 Å². The molecule has 0 aliphatic rings. The van der Waals surface area contributed by atoms with Crippen LogP contribution in [-0.4, -0.2) is 15.9 Å². The number of rotatable bonds is 4. The molecule has 10 heteroatoms. The van der Waals surface area contributed by atoms with E-state index in [2.05, 4.69) is 20.6 Å². The summed E-state index contributed by atoms with van der Waals surface area (Å²) >= 11 is 0. The molecule has 0 saturated heterocycles. The Hall–Kier alpha value is -4.08. The van der Waals surface area contributed by atoms with Crippen LogP contribution in [-0.2, 0) is 6.18 Å². The molecule has 0 saturated carbocycles. The Morgan fingerprint density at radius 3 is 2.38 bits per heavy atom. The number of carbonyl (C=O) groups is 1. The van der Waals surface area contributed by atoms with Crippen molar-refractivity contribution in [3.05, 3.63) is 89.9 Å². The number of nitrogens with one attached hydrogen (secondary N) is 2. The average Bonchev–Trinajstić information content (AvgIpc) is 2.75. The van der Waals surface area contributed by atoms with Crippen molar-refractivity contribution in [2.24, 2.45) is 0 Å². The van der Waals surface area contributed by atoms with Gasteiger partial charge >= 0.3 is 6.18 Å². The first kappa shape index (κ1) is 21.2. The molecule has 2 heterocycles. The van der Waals surface area contributed by atoms with E-state index in [-0.39, 0.29) is 16.9 Å². The van der Waals surface area contributed by atoms with Gasteiger partial charge in [0, 0.05) is 16.8 Å². The van der Waals surface area contributed by atoms with Crippen molar-refractivity contribution in [1.29, 1.82) is 0 Å². The van der Waals surface area contributed by atoms with E-state index < -0.39 is 35.2 Å². The summed E-state index contributed by atoms with van der Waals surface area (Å²) in [5.41, 5.74) is -0.930. The Labute approximate surface area is 177 Å². The standard InChI is InChI=1S/C22H13F5N4O/c23-15-8-9-19(24)31-20(15)21(32)29-13-5-3-4-12(10-13)28-17-11-18(22(25,26)27)30-16-7-2-1-6-14(16)17/h1-11H,(H,28,30)(H,29,32). The number of pyridine rings is 2. The fourth-order valence-electron chi connectivity index (χ4n) is 3.02. The van der Waals surface area contributed by atoms with E-state index >= 15 is 0 Å². The highest BCUT2D eigenvalue weighted by Crippen LogP contribution is 2.34. The second-order valence-corrected chi connectivity index (χ2v) is 6.69. The number of nitrogens with zero attached hydrogens (tertiary/aromatic N) is 2. The Morgan fingerprint density at radius 2 is 1.59 bits per heavy atom. The van der Waals surface area contributed by atoms with Crippen LogP contribution in [0.5, 0.6) is 0 Å². The zero-order valence-corrected chi connectivity index (χ0v) is 16.0. The zero-order valence-electron chi connectivity index (χ0n) is 16.0. The van der Waals surface area contributed by atoms with Crippen LogP contribution in [0.3, 0.4) is 0 Å². The lowest BCUT2D eigenvalue weighted by Gasteiger charge is -2.14. The molecule has 5 nitrogen and oxygen atoms in total. The zero-order chi connectivity index (χ0) is 22.9. The van der Waals surface area contributed by atoms with Gasteiger partial charge in [-0.15, -0.1) is 0 Å². The number of hydrogen-bond donors (Lipinski definition) is 2. The number of aromatic nitrogens is 2. The largest absolute Gasteiger partial charge is 0.433 e. The monoisotopic (exact) mass is 444 g/mol. The first-order chi connectivity index (χ1) is 15.2. The first-order valence-electron chi connectivity index (χ1n) is 9.18.